The first-order valence-corrected chi connectivity index (χ1v) is 10.6. The fourth-order valence-electron chi connectivity index (χ4n) is 3.35. The quantitative estimate of drug-likeness (QED) is 0.539. The maximum Gasteiger partial charge on any atom is 0.332 e. The second-order valence-electron chi connectivity index (χ2n) is 7.57. The van der Waals surface area contributed by atoms with Gasteiger partial charge in [0.1, 0.15) is 11.4 Å². The molecule has 0 aliphatic rings. The van der Waals surface area contributed by atoms with Crippen LogP contribution in [0.2, 0.25) is 0 Å². The number of carbonyl (C=O) groups excluding carboxylic acids is 1. The van der Waals surface area contributed by atoms with E-state index in [9.17, 15) is 14.4 Å². The molecular weight excluding hydrogens is 400 g/mol. The van der Waals surface area contributed by atoms with Gasteiger partial charge in [0.2, 0.25) is 0 Å². The van der Waals surface area contributed by atoms with Crippen LogP contribution in [0.4, 0.5) is 5.82 Å². The Balaban J connectivity index is 1.93. The summed E-state index contributed by atoms with van der Waals surface area (Å²) < 4.78 is 2.24. The highest BCUT2D eigenvalue weighted by Crippen LogP contribution is 2.25. The Morgan fingerprint density at radius 1 is 1.13 bits per heavy atom. The number of ketones is 1. The van der Waals surface area contributed by atoms with Crippen molar-refractivity contribution in [3.05, 3.63) is 84.7 Å². The van der Waals surface area contributed by atoms with E-state index in [2.05, 4.69) is 5.32 Å². The summed E-state index contributed by atoms with van der Waals surface area (Å²) in [6, 6.07) is 13.5. The first kappa shape index (κ1) is 21.7. The predicted octanol–water partition coefficient (Wildman–Crippen LogP) is 2.41. The van der Waals surface area contributed by atoms with Gasteiger partial charge in [0.25, 0.3) is 5.56 Å². The lowest BCUT2D eigenvalue weighted by Crippen LogP contribution is -2.44. The van der Waals surface area contributed by atoms with E-state index in [0.29, 0.717) is 6.54 Å². The predicted molar refractivity (Wildman–Crippen MR) is 120 cm³/mol. The molecule has 0 spiro atoms. The van der Waals surface area contributed by atoms with Gasteiger partial charge in [0.05, 0.1) is 12.6 Å². The molecule has 7 nitrogen and oxygen atoms in total. The highest BCUT2D eigenvalue weighted by atomic mass is 32.1. The van der Waals surface area contributed by atoms with Crippen LogP contribution in [0.15, 0.2) is 57.4 Å². The van der Waals surface area contributed by atoms with Crippen molar-refractivity contribution in [3.63, 3.8) is 0 Å². The Morgan fingerprint density at radius 3 is 2.43 bits per heavy atom. The van der Waals surface area contributed by atoms with Crippen molar-refractivity contribution in [1.29, 1.82) is 0 Å². The van der Waals surface area contributed by atoms with Crippen molar-refractivity contribution < 1.29 is 4.79 Å². The molecule has 1 atom stereocenters. The molecule has 0 aliphatic carbocycles. The zero-order valence-electron chi connectivity index (χ0n) is 17.3. The number of nitrogens with one attached hydrogen (secondary N) is 1. The minimum atomic E-state index is -0.670. The van der Waals surface area contributed by atoms with E-state index < -0.39 is 17.0 Å². The second-order valence-corrected chi connectivity index (χ2v) is 8.55. The molecule has 0 unspecified atom stereocenters. The molecule has 3 N–H and O–H groups in total. The molecule has 30 heavy (non-hydrogen) atoms. The van der Waals surface area contributed by atoms with Gasteiger partial charge in [-0.15, -0.1) is 11.3 Å². The number of nitrogens with zero attached hydrogens (tertiary/aromatic N) is 2. The maximum absolute atomic E-state index is 13.0. The first-order valence-electron chi connectivity index (χ1n) is 9.75. The van der Waals surface area contributed by atoms with Crippen LogP contribution < -0.4 is 22.3 Å². The number of thiophene rings is 1. The molecule has 2 aromatic heterocycles. The molecule has 2 heterocycles. The number of benzene rings is 1. The van der Waals surface area contributed by atoms with Crippen molar-refractivity contribution in [3.8, 4) is 0 Å². The molecule has 0 radical (unpaired) electrons. The summed E-state index contributed by atoms with van der Waals surface area (Å²) in [5.41, 5.74) is 5.79. The number of Topliss-reactive ketones (excluding diaryl/α,β-unsaturated/α-hetero) is 1. The van der Waals surface area contributed by atoms with Crippen molar-refractivity contribution in [2.24, 2.45) is 13.0 Å². The van der Waals surface area contributed by atoms with Crippen LogP contribution in [0, 0.1) is 5.92 Å². The third-order valence-corrected chi connectivity index (χ3v) is 5.77. The van der Waals surface area contributed by atoms with Gasteiger partial charge in [-0.3, -0.25) is 24.0 Å². The zero-order chi connectivity index (χ0) is 21.8. The Bertz CT molecular complexity index is 1130. The smallest absolute Gasteiger partial charge is 0.332 e. The highest BCUT2D eigenvalue weighted by molar-refractivity contribution is 7.10. The van der Waals surface area contributed by atoms with Gasteiger partial charge in [-0.2, -0.15) is 0 Å². The van der Waals surface area contributed by atoms with Gasteiger partial charge in [-0.25, -0.2) is 4.79 Å². The minimum Gasteiger partial charge on any atom is -0.384 e. The molecule has 158 valence electrons. The number of nitrogens with two attached hydrogens (primary N) is 1. The van der Waals surface area contributed by atoms with Crippen molar-refractivity contribution in [2.75, 3.05) is 12.3 Å². The average molecular weight is 427 g/mol. The van der Waals surface area contributed by atoms with Gasteiger partial charge < -0.3 is 5.73 Å². The Kier molecular flexibility index (Phi) is 6.69. The number of nitrogen functional groups attached to an aromatic ring is 1. The lowest BCUT2D eigenvalue weighted by molar-refractivity contribution is 0.0986. The van der Waals surface area contributed by atoms with E-state index in [1.54, 1.807) is 11.3 Å². The molecule has 8 heteroatoms. The Hall–Kier alpha value is -2.97. The first-order chi connectivity index (χ1) is 14.3. The molecule has 3 aromatic rings. The zero-order valence-corrected chi connectivity index (χ0v) is 18.1. The third kappa shape index (κ3) is 4.44. The number of carbonyl (C=O) groups is 1. The standard InChI is InChI=1S/C22H26N4O3S/c1-14(2)13-26-20(23)18(21(28)25(3)22(26)29)16(27)12-24-19(17-10-7-11-30-17)15-8-5-4-6-9-15/h4-11,14,19,24H,12-13,23H2,1-3H3/t19-/m1/s1. The van der Waals surface area contributed by atoms with Crippen molar-refractivity contribution in [1.82, 2.24) is 14.5 Å². The SMILES string of the molecule is CC(C)Cn1c(N)c(C(=O)CN[C@H](c2ccccc2)c2cccs2)c(=O)n(C)c1=O. The fraction of sp³-hybridized carbons (Fsp3) is 0.318. The number of anilines is 1. The Labute approximate surface area is 178 Å². The van der Waals surface area contributed by atoms with Gasteiger partial charge >= 0.3 is 5.69 Å². The lowest BCUT2D eigenvalue weighted by Gasteiger charge is -2.19. The van der Waals surface area contributed by atoms with Crippen LogP contribution >= 0.6 is 11.3 Å². The summed E-state index contributed by atoms with van der Waals surface area (Å²) >= 11 is 1.58. The number of aromatic nitrogens is 2. The normalized spacial score (nSPS) is 12.3. The number of rotatable bonds is 8. The van der Waals surface area contributed by atoms with Crippen molar-refractivity contribution >= 4 is 22.9 Å². The van der Waals surface area contributed by atoms with Crippen LogP contribution in [0.5, 0.6) is 0 Å². The van der Waals surface area contributed by atoms with Crippen LogP contribution in [-0.2, 0) is 13.6 Å². The summed E-state index contributed by atoms with van der Waals surface area (Å²) in [5, 5.41) is 5.23. The number of hydrogen-bond acceptors (Lipinski definition) is 6. The van der Waals surface area contributed by atoms with Crippen LogP contribution in [0.25, 0.3) is 0 Å². The summed E-state index contributed by atoms with van der Waals surface area (Å²) in [7, 11) is 1.36. The molecule has 0 fully saturated rings. The van der Waals surface area contributed by atoms with E-state index in [1.165, 1.54) is 11.6 Å². The van der Waals surface area contributed by atoms with Gasteiger partial charge in [0.15, 0.2) is 5.78 Å². The topological polar surface area (TPSA) is 99.1 Å². The van der Waals surface area contributed by atoms with Gasteiger partial charge in [-0.1, -0.05) is 50.2 Å². The highest BCUT2D eigenvalue weighted by Gasteiger charge is 2.23. The van der Waals surface area contributed by atoms with E-state index in [-0.39, 0.29) is 29.9 Å². The fourth-order valence-corrected chi connectivity index (χ4v) is 4.18. The molecule has 3 rings (SSSR count). The molecular formula is C22H26N4O3S. The van der Waals surface area contributed by atoms with E-state index in [4.69, 9.17) is 5.73 Å². The lowest BCUT2D eigenvalue weighted by atomic mass is 10.0. The molecule has 1 aromatic carbocycles. The average Bonchev–Trinajstić information content (AvgIpc) is 3.25. The summed E-state index contributed by atoms with van der Waals surface area (Å²) in [5.74, 6) is -0.385. The molecule has 0 saturated heterocycles. The summed E-state index contributed by atoms with van der Waals surface area (Å²) in [4.78, 5) is 39.2. The Morgan fingerprint density at radius 2 is 1.83 bits per heavy atom. The molecule has 0 amide bonds. The molecule has 0 aliphatic heterocycles. The van der Waals surface area contributed by atoms with Crippen LogP contribution in [0.3, 0.4) is 0 Å². The van der Waals surface area contributed by atoms with Crippen molar-refractivity contribution in [2.45, 2.75) is 26.4 Å². The van der Waals surface area contributed by atoms with Gasteiger partial charge in [0, 0.05) is 18.5 Å². The maximum atomic E-state index is 13.0. The molecule has 0 bridgehead atoms. The van der Waals surface area contributed by atoms with E-state index >= 15 is 0 Å². The largest absolute Gasteiger partial charge is 0.384 e. The molecule has 0 saturated carbocycles. The van der Waals surface area contributed by atoms with E-state index in [0.717, 1.165) is 15.0 Å². The minimum absolute atomic E-state index is 0.0732. The van der Waals surface area contributed by atoms with Crippen LogP contribution in [0.1, 0.15) is 40.7 Å². The third-order valence-electron chi connectivity index (χ3n) is 4.84. The number of hydrogen-bond donors (Lipinski definition) is 2. The second kappa shape index (κ2) is 9.23. The summed E-state index contributed by atoms with van der Waals surface area (Å²) in [6.07, 6.45) is 0. The summed E-state index contributed by atoms with van der Waals surface area (Å²) in [6.45, 7) is 4.11. The van der Waals surface area contributed by atoms with Gasteiger partial charge in [-0.05, 0) is 22.9 Å². The van der Waals surface area contributed by atoms with E-state index in [1.807, 2.05) is 61.7 Å². The monoisotopic (exact) mass is 426 g/mol. The van der Waals surface area contributed by atoms with Crippen LogP contribution in [-0.4, -0.2) is 21.5 Å².